The maximum atomic E-state index is 11.6. The molecule has 4 atom stereocenters. The van der Waals surface area contributed by atoms with E-state index < -0.39 is 11.5 Å². The molecule has 2 aromatic rings. The molecule has 3 heterocycles. The van der Waals surface area contributed by atoms with Crippen LogP contribution in [0.25, 0.3) is 0 Å². The maximum Gasteiger partial charge on any atom is 0.164 e. The topological polar surface area (TPSA) is 66.4 Å². The molecule has 0 aliphatic carbocycles. The first-order valence-electron chi connectivity index (χ1n) is 10.1. The number of fused-ring (bicyclic) bond motifs is 6. The molecule has 6 heteroatoms. The highest BCUT2D eigenvalue weighted by Crippen LogP contribution is 2.56. The Morgan fingerprint density at radius 3 is 2.57 bits per heavy atom. The van der Waals surface area contributed by atoms with Crippen molar-refractivity contribution in [2.45, 2.75) is 44.0 Å². The molecule has 6 nitrogen and oxygen atoms in total. The summed E-state index contributed by atoms with van der Waals surface area (Å²) in [6, 6.07) is 7.51. The summed E-state index contributed by atoms with van der Waals surface area (Å²) in [5.74, 6) is 3.35. The van der Waals surface area contributed by atoms with Crippen molar-refractivity contribution in [3.63, 3.8) is 0 Å². The average Bonchev–Trinajstić information content (AvgIpc) is 3.19. The van der Waals surface area contributed by atoms with Gasteiger partial charge in [-0.25, -0.2) is 0 Å². The van der Waals surface area contributed by atoms with E-state index in [1.54, 1.807) is 14.2 Å². The Morgan fingerprint density at radius 1 is 1.13 bits per heavy atom. The summed E-state index contributed by atoms with van der Waals surface area (Å²) in [4.78, 5) is 0. The van der Waals surface area contributed by atoms with Crippen LogP contribution in [0.5, 0.6) is 28.7 Å². The van der Waals surface area contributed by atoms with E-state index in [1.165, 1.54) is 0 Å². The number of aliphatic hydroxyl groups is 1. The van der Waals surface area contributed by atoms with Gasteiger partial charge in [-0.15, -0.1) is 0 Å². The molecule has 2 aromatic carbocycles. The van der Waals surface area contributed by atoms with E-state index in [9.17, 15) is 5.11 Å². The van der Waals surface area contributed by atoms with Gasteiger partial charge in [-0.05, 0) is 37.6 Å². The van der Waals surface area contributed by atoms with Gasteiger partial charge in [0.2, 0.25) is 0 Å². The number of ether oxygens (including phenoxy) is 5. The molecule has 0 fully saturated rings. The fourth-order valence-electron chi connectivity index (χ4n) is 4.80. The summed E-state index contributed by atoms with van der Waals surface area (Å²) in [6.07, 6.45) is -0.519. The van der Waals surface area contributed by atoms with Crippen molar-refractivity contribution in [1.82, 2.24) is 0 Å². The van der Waals surface area contributed by atoms with Gasteiger partial charge in [0, 0.05) is 29.2 Å². The van der Waals surface area contributed by atoms with Gasteiger partial charge in [0.05, 0.1) is 25.7 Å². The number of hydrogen-bond donors (Lipinski definition) is 1. The first kappa shape index (κ1) is 19.1. The number of rotatable bonds is 3. The van der Waals surface area contributed by atoms with Crippen molar-refractivity contribution in [1.29, 1.82) is 0 Å². The van der Waals surface area contributed by atoms with Crippen LogP contribution < -0.4 is 23.7 Å². The van der Waals surface area contributed by atoms with Crippen LogP contribution in [0.2, 0.25) is 0 Å². The lowest BCUT2D eigenvalue weighted by atomic mass is 9.67. The fourth-order valence-corrected chi connectivity index (χ4v) is 4.80. The standard InChI is InChI=1S/C24H26O6/c1-12(2)17-8-14-16(29-17)7-6-13-22(14)30-21-11-28-18-10-20(27-5)19(26-4)9-15(18)24(21,3)23(13)25/h6-7,9-10,17,21,23,25H,1,8,11H2,2-5H3. The Kier molecular flexibility index (Phi) is 4.19. The lowest BCUT2D eigenvalue weighted by Crippen LogP contribution is -2.54. The van der Waals surface area contributed by atoms with E-state index in [0.29, 0.717) is 36.0 Å². The Hall–Kier alpha value is -2.86. The molecule has 0 saturated carbocycles. The zero-order chi connectivity index (χ0) is 21.2. The molecule has 3 aliphatic rings. The van der Waals surface area contributed by atoms with Crippen molar-refractivity contribution in [2.24, 2.45) is 0 Å². The van der Waals surface area contributed by atoms with Crippen molar-refractivity contribution >= 4 is 0 Å². The smallest absolute Gasteiger partial charge is 0.164 e. The number of hydrogen-bond acceptors (Lipinski definition) is 6. The Balaban J connectivity index is 1.62. The highest BCUT2D eigenvalue weighted by molar-refractivity contribution is 5.60. The second kappa shape index (κ2) is 6.57. The van der Waals surface area contributed by atoms with E-state index in [4.69, 9.17) is 23.7 Å². The highest BCUT2D eigenvalue weighted by atomic mass is 16.5. The Morgan fingerprint density at radius 2 is 1.87 bits per heavy atom. The highest BCUT2D eigenvalue weighted by Gasteiger charge is 2.54. The molecule has 1 N–H and O–H groups in total. The van der Waals surface area contributed by atoms with Crippen LogP contribution in [0.3, 0.4) is 0 Å². The van der Waals surface area contributed by atoms with Gasteiger partial charge in [0.15, 0.2) is 11.5 Å². The quantitative estimate of drug-likeness (QED) is 0.778. The molecule has 0 aromatic heterocycles. The van der Waals surface area contributed by atoms with E-state index in [1.807, 2.05) is 38.1 Å². The van der Waals surface area contributed by atoms with Crippen LogP contribution in [-0.4, -0.2) is 38.1 Å². The zero-order valence-corrected chi connectivity index (χ0v) is 17.7. The molecule has 0 bridgehead atoms. The first-order valence-corrected chi connectivity index (χ1v) is 10.1. The minimum atomic E-state index is -0.777. The van der Waals surface area contributed by atoms with E-state index in [2.05, 4.69) is 6.58 Å². The van der Waals surface area contributed by atoms with E-state index in [-0.39, 0.29) is 12.2 Å². The molecule has 158 valence electrons. The summed E-state index contributed by atoms with van der Waals surface area (Å²) >= 11 is 0. The Labute approximate surface area is 176 Å². The summed E-state index contributed by atoms with van der Waals surface area (Å²) in [5, 5.41) is 11.6. The normalized spacial score (nSPS) is 28.0. The third-order valence-corrected chi connectivity index (χ3v) is 6.70. The predicted octanol–water partition coefficient (Wildman–Crippen LogP) is 3.73. The molecule has 4 unspecified atom stereocenters. The summed E-state index contributed by atoms with van der Waals surface area (Å²) in [5.41, 5.74) is 2.85. The third-order valence-electron chi connectivity index (χ3n) is 6.70. The molecule has 3 aliphatic heterocycles. The van der Waals surface area contributed by atoms with Gasteiger partial charge in [-0.1, -0.05) is 6.58 Å². The van der Waals surface area contributed by atoms with Crippen LogP contribution in [0.4, 0.5) is 0 Å². The second-order valence-electron chi connectivity index (χ2n) is 8.42. The van der Waals surface area contributed by atoms with Gasteiger partial charge < -0.3 is 28.8 Å². The average molecular weight is 410 g/mol. The molecular formula is C24H26O6. The molecular weight excluding hydrogens is 384 g/mol. The van der Waals surface area contributed by atoms with Crippen molar-refractivity contribution in [3.8, 4) is 28.7 Å². The van der Waals surface area contributed by atoms with Crippen molar-refractivity contribution in [2.75, 3.05) is 20.8 Å². The zero-order valence-electron chi connectivity index (χ0n) is 17.7. The number of benzene rings is 2. The lowest BCUT2D eigenvalue weighted by Gasteiger charge is -2.49. The second-order valence-corrected chi connectivity index (χ2v) is 8.42. The van der Waals surface area contributed by atoms with Gasteiger partial charge >= 0.3 is 0 Å². The molecule has 0 amide bonds. The van der Waals surface area contributed by atoms with Crippen LogP contribution in [0, 0.1) is 0 Å². The van der Waals surface area contributed by atoms with Gasteiger partial charge in [0.1, 0.15) is 36.1 Å². The number of aliphatic hydroxyl groups excluding tert-OH is 1. The molecule has 5 rings (SSSR count). The first-order chi connectivity index (χ1) is 14.4. The largest absolute Gasteiger partial charge is 0.493 e. The predicted molar refractivity (Wildman–Crippen MR) is 111 cm³/mol. The molecule has 30 heavy (non-hydrogen) atoms. The summed E-state index contributed by atoms with van der Waals surface area (Å²) in [6.45, 7) is 8.32. The van der Waals surface area contributed by atoms with E-state index in [0.717, 1.165) is 28.0 Å². The molecule has 0 spiro atoms. The summed E-state index contributed by atoms with van der Waals surface area (Å²) in [7, 11) is 3.19. The lowest BCUT2D eigenvalue weighted by molar-refractivity contribution is -0.0516. The Bertz CT molecular complexity index is 1040. The SMILES string of the molecule is C=C(C)C1Cc2c(ccc3c2OC2COc4cc(OC)c(OC)cc4C2(C)C3O)O1. The number of methoxy groups -OCH3 is 2. The molecule has 0 saturated heterocycles. The van der Waals surface area contributed by atoms with Gasteiger partial charge in [0.25, 0.3) is 0 Å². The maximum absolute atomic E-state index is 11.6. The van der Waals surface area contributed by atoms with Crippen LogP contribution in [0.1, 0.15) is 36.6 Å². The van der Waals surface area contributed by atoms with Crippen LogP contribution in [-0.2, 0) is 11.8 Å². The minimum Gasteiger partial charge on any atom is -0.493 e. The molecule has 0 radical (unpaired) electrons. The van der Waals surface area contributed by atoms with Crippen molar-refractivity contribution < 1.29 is 28.8 Å². The monoisotopic (exact) mass is 410 g/mol. The third kappa shape index (κ3) is 2.46. The van der Waals surface area contributed by atoms with Gasteiger partial charge in [-0.3, -0.25) is 0 Å². The van der Waals surface area contributed by atoms with E-state index >= 15 is 0 Å². The fraction of sp³-hybridized carbons (Fsp3) is 0.417. The van der Waals surface area contributed by atoms with Gasteiger partial charge in [-0.2, -0.15) is 0 Å². The van der Waals surface area contributed by atoms with Crippen LogP contribution >= 0.6 is 0 Å². The van der Waals surface area contributed by atoms with Crippen LogP contribution in [0.15, 0.2) is 36.4 Å². The van der Waals surface area contributed by atoms with Crippen molar-refractivity contribution in [3.05, 3.63) is 53.1 Å². The summed E-state index contributed by atoms with van der Waals surface area (Å²) < 4.78 is 29.5. The minimum absolute atomic E-state index is 0.0689.